The molecule has 0 atom stereocenters. The zero-order chi connectivity index (χ0) is 16.1. The lowest BCUT2D eigenvalue weighted by molar-refractivity contribution is 0.975. The van der Waals surface area contributed by atoms with Crippen LogP contribution in [-0.2, 0) is 0 Å². The Bertz CT molecular complexity index is 840. The van der Waals surface area contributed by atoms with E-state index in [0.29, 0.717) is 5.56 Å². The van der Waals surface area contributed by atoms with Crippen molar-refractivity contribution in [3.8, 4) is 6.07 Å². The summed E-state index contributed by atoms with van der Waals surface area (Å²) in [6.45, 7) is 1.96. The number of nitrogens with zero attached hydrogens (tertiary/aromatic N) is 2. The summed E-state index contributed by atoms with van der Waals surface area (Å²) in [7, 11) is 0. The van der Waals surface area contributed by atoms with Gasteiger partial charge in [0.15, 0.2) is 0 Å². The van der Waals surface area contributed by atoms with Crippen LogP contribution in [-0.4, -0.2) is 4.98 Å². The Hall–Kier alpha value is -2.22. The second-order valence-electron chi connectivity index (χ2n) is 4.90. The molecule has 2 nitrogen and oxygen atoms in total. The van der Waals surface area contributed by atoms with Crippen LogP contribution in [0.2, 0.25) is 0 Å². The van der Waals surface area contributed by atoms with Crippen molar-refractivity contribution in [2.75, 3.05) is 0 Å². The second-order valence-corrected chi connectivity index (χ2v) is 7.06. The van der Waals surface area contributed by atoms with Crippen LogP contribution < -0.4 is 0 Å². The van der Waals surface area contributed by atoms with Gasteiger partial charge in [0.25, 0.3) is 0 Å². The second kappa shape index (κ2) is 7.36. The normalized spacial score (nSPS) is 10.3. The molecule has 0 aliphatic heterocycles. The van der Waals surface area contributed by atoms with Gasteiger partial charge in [-0.25, -0.2) is 4.98 Å². The minimum atomic E-state index is 0.649. The van der Waals surface area contributed by atoms with Gasteiger partial charge in [0.05, 0.1) is 5.56 Å². The first-order chi connectivity index (χ1) is 11.3. The zero-order valence-corrected chi connectivity index (χ0v) is 14.2. The van der Waals surface area contributed by atoms with Crippen molar-refractivity contribution in [1.82, 2.24) is 4.98 Å². The van der Waals surface area contributed by atoms with Gasteiger partial charge in [-0.15, -0.1) is 0 Å². The van der Waals surface area contributed by atoms with E-state index in [-0.39, 0.29) is 0 Å². The summed E-state index contributed by atoms with van der Waals surface area (Å²) < 4.78 is 0. The van der Waals surface area contributed by atoms with Crippen LogP contribution in [0, 0.1) is 18.3 Å². The third-order valence-corrected chi connectivity index (χ3v) is 5.12. The molecule has 3 aromatic rings. The summed E-state index contributed by atoms with van der Waals surface area (Å²) in [4.78, 5) is 6.92. The number of hydrogen-bond acceptors (Lipinski definition) is 4. The van der Waals surface area contributed by atoms with E-state index in [4.69, 9.17) is 4.98 Å². The zero-order valence-electron chi connectivity index (χ0n) is 12.6. The van der Waals surface area contributed by atoms with E-state index in [9.17, 15) is 5.26 Å². The predicted molar refractivity (Wildman–Crippen MR) is 94.8 cm³/mol. The molecule has 23 heavy (non-hydrogen) atoms. The maximum absolute atomic E-state index is 9.45. The van der Waals surface area contributed by atoms with Crippen LogP contribution in [0.25, 0.3) is 0 Å². The summed E-state index contributed by atoms with van der Waals surface area (Å²) in [5, 5.41) is 11.1. The Morgan fingerprint density at radius 1 is 0.870 bits per heavy atom. The van der Waals surface area contributed by atoms with Crippen LogP contribution >= 0.6 is 23.5 Å². The fourth-order valence-electron chi connectivity index (χ4n) is 2.09. The van der Waals surface area contributed by atoms with Gasteiger partial charge in [0, 0.05) is 9.79 Å². The summed E-state index contributed by atoms with van der Waals surface area (Å²) in [6, 6.07) is 24.4. The van der Waals surface area contributed by atoms with Gasteiger partial charge in [-0.3, -0.25) is 0 Å². The van der Waals surface area contributed by atoms with E-state index in [0.717, 1.165) is 25.4 Å². The minimum absolute atomic E-state index is 0.649. The molecular weight excluding hydrogens is 320 g/mol. The highest BCUT2D eigenvalue weighted by Gasteiger charge is 2.12. The largest absolute Gasteiger partial charge is 0.233 e. The first kappa shape index (κ1) is 15.7. The molecule has 1 heterocycles. The topological polar surface area (TPSA) is 36.7 Å². The van der Waals surface area contributed by atoms with Gasteiger partial charge >= 0.3 is 0 Å². The Morgan fingerprint density at radius 3 is 2.00 bits per heavy atom. The van der Waals surface area contributed by atoms with Gasteiger partial charge < -0.3 is 0 Å². The molecule has 4 heteroatoms. The lowest BCUT2D eigenvalue weighted by atomic mass is 10.2. The number of benzene rings is 2. The van der Waals surface area contributed by atoms with Crippen molar-refractivity contribution in [3.63, 3.8) is 0 Å². The molecule has 0 unspecified atom stereocenters. The molecule has 0 saturated heterocycles. The highest BCUT2D eigenvalue weighted by atomic mass is 32.2. The van der Waals surface area contributed by atoms with E-state index in [1.54, 1.807) is 11.8 Å². The van der Waals surface area contributed by atoms with Gasteiger partial charge in [0.2, 0.25) is 0 Å². The Morgan fingerprint density at radius 2 is 1.43 bits per heavy atom. The summed E-state index contributed by atoms with van der Waals surface area (Å²) in [5.74, 6) is 0. The smallest absolute Gasteiger partial charge is 0.120 e. The fraction of sp³-hybridized carbons (Fsp3) is 0.0526. The molecule has 2 aromatic carbocycles. The number of aromatic nitrogens is 1. The molecule has 0 bridgehead atoms. The van der Waals surface area contributed by atoms with Crippen LogP contribution in [0.15, 0.2) is 86.6 Å². The number of pyridine rings is 1. The minimum Gasteiger partial charge on any atom is -0.233 e. The van der Waals surface area contributed by atoms with Crippen molar-refractivity contribution in [1.29, 1.82) is 5.26 Å². The standard InChI is InChI=1S/C19H14N2S2/c1-14-12-18(22-15-8-4-2-5-9-15)21-19(17(14)13-20)23-16-10-6-3-7-11-16/h2-12H,1H3. The fourth-order valence-corrected chi connectivity index (χ4v) is 4.02. The van der Waals surface area contributed by atoms with Crippen molar-refractivity contribution < 1.29 is 0 Å². The van der Waals surface area contributed by atoms with Gasteiger partial charge in [-0.1, -0.05) is 59.9 Å². The third-order valence-electron chi connectivity index (χ3n) is 3.20. The average Bonchev–Trinajstić information content (AvgIpc) is 2.57. The number of nitriles is 1. The van der Waals surface area contributed by atoms with Gasteiger partial charge in [-0.2, -0.15) is 5.26 Å². The molecular formula is C19H14N2S2. The van der Waals surface area contributed by atoms with Crippen molar-refractivity contribution in [3.05, 3.63) is 77.9 Å². The van der Waals surface area contributed by atoms with Crippen LogP contribution in [0.1, 0.15) is 11.1 Å². The SMILES string of the molecule is Cc1cc(Sc2ccccc2)nc(Sc2ccccc2)c1C#N. The monoisotopic (exact) mass is 334 g/mol. The first-order valence-corrected chi connectivity index (χ1v) is 8.77. The van der Waals surface area contributed by atoms with E-state index >= 15 is 0 Å². The molecule has 0 aliphatic rings. The van der Waals surface area contributed by atoms with Crippen LogP contribution in [0.3, 0.4) is 0 Å². The summed E-state index contributed by atoms with van der Waals surface area (Å²) in [5.41, 5.74) is 1.61. The molecule has 0 radical (unpaired) electrons. The van der Waals surface area contributed by atoms with Crippen molar-refractivity contribution >= 4 is 23.5 Å². The lowest BCUT2D eigenvalue weighted by Gasteiger charge is -2.09. The van der Waals surface area contributed by atoms with Gasteiger partial charge in [0.1, 0.15) is 16.1 Å². The highest BCUT2D eigenvalue weighted by molar-refractivity contribution is 8.00. The molecule has 0 saturated carbocycles. The van der Waals surface area contributed by atoms with Crippen LogP contribution in [0.4, 0.5) is 0 Å². The molecule has 3 rings (SSSR count). The van der Waals surface area contributed by atoms with E-state index in [1.165, 1.54) is 11.8 Å². The molecule has 1 aromatic heterocycles. The first-order valence-electron chi connectivity index (χ1n) is 7.14. The molecule has 0 spiro atoms. The van der Waals surface area contributed by atoms with E-state index in [2.05, 4.69) is 18.2 Å². The third kappa shape index (κ3) is 3.95. The van der Waals surface area contributed by atoms with Gasteiger partial charge in [-0.05, 0) is 42.8 Å². The maximum atomic E-state index is 9.45. The Labute approximate surface area is 144 Å². The lowest BCUT2D eigenvalue weighted by Crippen LogP contribution is -1.93. The summed E-state index contributed by atoms with van der Waals surface area (Å²) in [6.07, 6.45) is 0. The number of rotatable bonds is 4. The van der Waals surface area contributed by atoms with E-state index < -0.39 is 0 Å². The molecule has 0 fully saturated rings. The number of aryl methyl sites for hydroxylation is 1. The van der Waals surface area contributed by atoms with Crippen molar-refractivity contribution in [2.24, 2.45) is 0 Å². The van der Waals surface area contributed by atoms with Crippen LogP contribution in [0.5, 0.6) is 0 Å². The van der Waals surface area contributed by atoms with Crippen molar-refractivity contribution in [2.45, 2.75) is 26.8 Å². The quantitative estimate of drug-likeness (QED) is 0.625. The molecule has 0 aliphatic carbocycles. The molecule has 0 N–H and O–H groups in total. The highest BCUT2D eigenvalue weighted by Crippen LogP contribution is 2.34. The number of hydrogen-bond donors (Lipinski definition) is 0. The Balaban J connectivity index is 1.95. The Kier molecular flexibility index (Phi) is 5.02. The summed E-state index contributed by atoms with van der Waals surface area (Å²) >= 11 is 3.14. The van der Waals surface area contributed by atoms with E-state index in [1.807, 2.05) is 61.5 Å². The average molecular weight is 334 g/mol. The predicted octanol–water partition coefficient (Wildman–Crippen LogP) is 5.56. The molecule has 0 amide bonds. The maximum Gasteiger partial charge on any atom is 0.120 e. The molecule has 112 valence electrons.